The van der Waals surface area contributed by atoms with Gasteiger partial charge in [0.25, 0.3) is 0 Å². The summed E-state index contributed by atoms with van der Waals surface area (Å²) < 4.78 is 11.2. The smallest absolute Gasteiger partial charge is 0.412 e. The fraction of sp³-hybridized carbons (Fsp3) is 0.929. The summed E-state index contributed by atoms with van der Waals surface area (Å²) in [6.07, 6.45) is 5.31. The number of rotatable bonds is 5. The number of hydrogen-bond donors (Lipinski definition) is 0. The standard InChI is InChI=1S/C14H25NO3/c1-11(2)13(17-10-12-6-7-12)18-14(16)15-8-4-3-5-9-15/h11-13H,3-10H2,1-2H3. The van der Waals surface area contributed by atoms with E-state index in [4.69, 9.17) is 9.47 Å². The third kappa shape index (κ3) is 4.16. The van der Waals surface area contributed by atoms with Gasteiger partial charge in [-0.25, -0.2) is 4.79 Å². The van der Waals surface area contributed by atoms with Crippen LogP contribution >= 0.6 is 0 Å². The van der Waals surface area contributed by atoms with Gasteiger partial charge in [0.05, 0.1) is 6.61 Å². The normalized spacial score (nSPS) is 22.1. The summed E-state index contributed by atoms with van der Waals surface area (Å²) in [6.45, 7) is 6.44. The Kier molecular flexibility index (Phi) is 4.87. The first-order valence-electron chi connectivity index (χ1n) is 7.24. The van der Waals surface area contributed by atoms with Crippen LogP contribution in [0.2, 0.25) is 0 Å². The quantitative estimate of drug-likeness (QED) is 0.709. The van der Waals surface area contributed by atoms with E-state index < -0.39 is 0 Å². The van der Waals surface area contributed by atoms with E-state index in [9.17, 15) is 4.79 Å². The summed E-state index contributed by atoms with van der Waals surface area (Å²) in [4.78, 5) is 13.8. The highest BCUT2D eigenvalue weighted by Crippen LogP contribution is 2.30. The SMILES string of the molecule is CC(C)C(OCC1CC1)OC(=O)N1CCCCC1. The van der Waals surface area contributed by atoms with Crippen LogP contribution in [0.5, 0.6) is 0 Å². The minimum absolute atomic E-state index is 0.204. The molecule has 1 amide bonds. The van der Waals surface area contributed by atoms with Gasteiger partial charge in [-0.2, -0.15) is 0 Å². The van der Waals surface area contributed by atoms with Crippen LogP contribution in [0.15, 0.2) is 0 Å². The van der Waals surface area contributed by atoms with E-state index in [2.05, 4.69) is 0 Å². The number of likely N-dealkylation sites (tertiary alicyclic amines) is 1. The average Bonchev–Trinajstić information content (AvgIpc) is 3.19. The van der Waals surface area contributed by atoms with Crippen molar-refractivity contribution >= 4 is 6.09 Å². The highest BCUT2D eigenvalue weighted by Gasteiger charge is 2.27. The van der Waals surface area contributed by atoms with Gasteiger partial charge in [-0.1, -0.05) is 13.8 Å². The van der Waals surface area contributed by atoms with E-state index in [1.807, 2.05) is 13.8 Å². The van der Waals surface area contributed by atoms with Crippen molar-refractivity contribution in [3.63, 3.8) is 0 Å². The molecule has 0 bridgehead atoms. The van der Waals surface area contributed by atoms with E-state index in [0.717, 1.165) is 32.5 Å². The third-order valence-corrected chi connectivity index (χ3v) is 3.57. The zero-order valence-electron chi connectivity index (χ0n) is 11.6. The Morgan fingerprint density at radius 1 is 1.22 bits per heavy atom. The molecule has 0 aromatic carbocycles. The van der Waals surface area contributed by atoms with E-state index in [0.29, 0.717) is 5.92 Å². The first-order chi connectivity index (χ1) is 8.66. The Labute approximate surface area is 110 Å². The molecule has 4 nitrogen and oxygen atoms in total. The van der Waals surface area contributed by atoms with Crippen molar-refractivity contribution in [3.8, 4) is 0 Å². The molecule has 1 aliphatic carbocycles. The van der Waals surface area contributed by atoms with Crippen molar-refractivity contribution in [2.24, 2.45) is 11.8 Å². The predicted octanol–water partition coefficient (Wildman–Crippen LogP) is 3.02. The third-order valence-electron chi connectivity index (χ3n) is 3.57. The molecule has 18 heavy (non-hydrogen) atoms. The van der Waals surface area contributed by atoms with Gasteiger partial charge in [0.15, 0.2) is 0 Å². The van der Waals surface area contributed by atoms with E-state index in [1.54, 1.807) is 4.90 Å². The van der Waals surface area contributed by atoms with Gasteiger partial charge in [0.2, 0.25) is 6.29 Å². The molecule has 2 fully saturated rings. The Morgan fingerprint density at radius 3 is 2.44 bits per heavy atom. The lowest BCUT2D eigenvalue weighted by Gasteiger charge is -2.29. The summed E-state index contributed by atoms with van der Waals surface area (Å²) >= 11 is 0. The van der Waals surface area contributed by atoms with Crippen molar-refractivity contribution in [2.75, 3.05) is 19.7 Å². The maximum Gasteiger partial charge on any atom is 0.412 e. The van der Waals surface area contributed by atoms with Crippen LogP contribution in [-0.2, 0) is 9.47 Å². The highest BCUT2D eigenvalue weighted by molar-refractivity contribution is 5.67. The van der Waals surface area contributed by atoms with Crippen molar-refractivity contribution in [3.05, 3.63) is 0 Å². The molecule has 0 radical (unpaired) electrons. The molecule has 1 saturated heterocycles. The largest absolute Gasteiger partial charge is 0.419 e. The molecule has 104 valence electrons. The van der Waals surface area contributed by atoms with Gasteiger partial charge in [-0.3, -0.25) is 0 Å². The predicted molar refractivity (Wildman–Crippen MR) is 69.2 cm³/mol. The Balaban J connectivity index is 1.76. The van der Waals surface area contributed by atoms with Gasteiger partial charge >= 0.3 is 6.09 Å². The maximum absolute atomic E-state index is 12.0. The van der Waals surface area contributed by atoms with Crippen molar-refractivity contribution < 1.29 is 14.3 Å². The molecule has 1 aliphatic heterocycles. The lowest BCUT2D eigenvalue weighted by Crippen LogP contribution is -2.39. The molecule has 0 spiro atoms. The van der Waals surface area contributed by atoms with Crippen LogP contribution in [0.4, 0.5) is 4.79 Å². The second-order valence-corrected chi connectivity index (χ2v) is 5.82. The molecule has 0 N–H and O–H groups in total. The zero-order chi connectivity index (χ0) is 13.0. The van der Waals surface area contributed by atoms with Crippen molar-refractivity contribution in [2.45, 2.75) is 52.2 Å². The summed E-state index contributed by atoms with van der Waals surface area (Å²) in [5.41, 5.74) is 0. The van der Waals surface area contributed by atoms with Crippen LogP contribution < -0.4 is 0 Å². The minimum Gasteiger partial charge on any atom is -0.419 e. The van der Waals surface area contributed by atoms with Gasteiger partial charge in [-0.05, 0) is 38.0 Å². The van der Waals surface area contributed by atoms with Gasteiger partial charge in [-0.15, -0.1) is 0 Å². The molecule has 2 aliphatic rings. The number of hydrogen-bond acceptors (Lipinski definition) is 3. The topological polar surface area (TPSA) is 38.8 Å². The molecule has 0 aromatic heterocycles. The summed E-state index contributed by atoms with van der Waals surface area (Å²) in [5, 5.41) is 0. The summed E-state index contributed by atoms with van der Waals surface area (Å²) in [6, 6.07) is 0. The first kappa shape index (κ1) is 13.7. The van der Waals surface area contributed by atoms with E-state index in [1.165, 1.54) is 19.3 Å². The Bertz CT molecular complexity index is 270. The second-order valence-electron chi connectivity index (χ2n) is 5.82. The number of ether oxygens (including phenoxy) is 2. The van der Waals surface area contributed by atoms with Gasteiger partial charge in [0.1, 0.15) is 0 Å². The number of amides is 1. The van der Waals surface area contributed by atoms with E-state index >= 15 is 0 Å². The monoisotopic (exact) mass is 255 g/mol. The molecule has 1 unspecified atom stereocenters. The number of piperidine rings is 1. The molecular weight excluding hydrogens is 230 g/mol. The average molecular weight is 255 g/mol. The zero-order valence-corrected chi connectivity index (χ0v) is 11.6. The van der Waals surface area contributed by atoms with Crippen LogP contribution in [0, 0.1) is 11.8 Å². The highest BCUT2D eigenvalue weighted by atomic mass is 16.7. The summed E-state index contributed by atoms with van der Waals surface area (Å²) in [7, 11) is 0. The van der Waals surface area contributed by atoms with E-state index in [-0.39, 0.29) is 18.3 Å². The van der Waals surface area contributed by atoms with Crippen LogP contribution in [0.25, 0.3) is 0 Å². The fourth-order valence-electron chi connectivity index (χ4n) is 2.13. The maximum atomic E-state index is 12.0. The van der Waals surface area contributed by atoms with Gasteiger partial charge in [0, 0.05) is 19.0 Å². The molecule has 2 rings (SSSR count). The Hall–Kier alpha value is -0.770. The molecule has 1 heterocycles. The minimum atomic E-state index is -0.389. The molecule has 1 saturated carbocycles. The van der Waals surface area contributed by atoms with Crippen molar-refractivity contribution in [1.82, 2.24) is 4.90 Å². The molecule has 0 aromatic rings. The number of carbonyl (C=O) groups is 1. The second kappa shape index (κ2) is 6.41. The number of nitrogens with zero attached hydrogens (tertiary/aromatic N) is 1. The number of carbonyl (C=O) groups excluding carboxylic acids is 1. The molecule has 1 atom stereocenters. The summed E-state index contributed by atoms with van der Waals surface area (Å²) in [5.74, 6) is 0.900. The fourth-order valence-corrected chi connectivity index (χ4v) is 2.13. The first-order valence-corrected chi connectivity index (χ1v) is 7.24. The molecule has 4 heteroatoms. The van der Waals surface area contributed by atoms with Crippen LogP contribution in [0.3, 0.4) is 0 Å². The van der Waals surface area contributed by atoms with Crippen LogP contribution in [0.1, 0.15) is 46.0 Å². The van der Waals surface area contributed by atoms with Crippen LogP contribution in [-0.4, -0.2) is 37.0 Å². The van der Waals surface area contributed by atoms with Crippen molar-refractivity contribution in [1.29, 1.82) is 0 Å². The lowest BCUT2D eigenvalue weighted by molar-refractivity contribution is -0.139. The Morgan fingerprint density at radius 2 is 1.89 bits per heavy atom. The lowest BCUT2D eigenvalue weighted by atomic mass is 10.1. The molecular formula is C14H25NO3. The van der Waals surface area contributed by atoms with Gasteiger partial charge < -0.3 is 14.4 Å².